The molecule has 1 aromatic rings. The summed E-state index contributed by atoms with van der Waals surface area (Å²) in [5.41, 5.74) is 0.253. The summed E-state index contributed by atoms with van der Waals surface area (Å²) in [4.78, 5) is 11.3. The van der Waals surface area contributed by atoms with Crippen LogP contribution in [0.15, 0.2) is 18.2 Å². The first-order chi connectivity index (χ1) is 9.60. The van der Waals surface area contributed by atoms with E-state index in [2.05, 4.69) is 5.32 Å². The average Bonchev–Trinajstić information content (AvgIpc) is 3.21. The van der Waals surface area contributed by atoms with Crippen LogP contribution in [0.2, 0.25) is 0 Å². The van der Waals surface area contributed by atoms with Gasteiger partial charge in [0, 0.05) is 5.56 Å². The Morgan fingerprint density at radius 2 is 2.20 bits per heavy atom. The van der Waals surface area contributed by atoms with Crippen LogP contribution in [0.1, 0.15) is 25.3 Å². The summed E-state index contributed by atoms with van der Waals surface area (Å²) in [5.74, 6) is 2.08. The van der Waals surface area contributed by atoms with Gasteiger partial charge < -0.3 is 19.5 Å². The van der Waals surface area contributed by atoms with Crippen molar-refractivity contribution in [3.05, 3.63) is 23.8 Å². The number of alkyl carbamates (subject to hydrolysis) is 1. The maximum absolute atomic E-state index is 11.3. The first-order valence-corrected chi connectivity index (χ1v) is 6.89. The van der Waals surface area contributed by atoms with Crippen molar-refractivity contribution in [2.24, 2.45) is 5.92 Å². The van der Waals surface area contributed by atoms with Crippen LogP contribution in [0.25, 0.3) is 0 Å². The fraction of sp³-hybridized carbons (Fsp3) is 0.533. The van der Waals surface area contributed by atoms with E-state index in [-0.39, 0.29) is 6.09 Å². The normalized spacial score (nSPS) is 25.0. The highest BCUT2D eigenvalue weighted by molar-refractivity contribution is 5.70. The minimum Gasteiger partial charge on any atom is -0.493 e. The minimum atomic E-state index is -0.652. The zero-order chi connectivity index (χ0) is 14.2. The molecule has 1 aromatic carbocycles. The minimum absolute atomic E-state index is 0.385. The van der Waals surface area contributed by atoms with Crippen LogP contribution in [0.4, 0.5) is 4.79 Å². The van der Waals surface area contributed by atoms with Gasteiger partial charge in [-0.05, 0) is 37.8 Å². The molecule has 0 aromatic heterocycles. The molecule has 3 rings (SSSR count). The molecule has 5 nitrogen and oxygen atoms in total. The van der Waals surface area contributed by atoms with E-state index in [4.69, 9.17) is 14.2 Å². The Hall–Kier alpha value is -1.91. The predicted octanol–water partition coefficient (Wildman–Crippen LogP) is 2.44. The molecule has 5 heteroatoms. The molecular formula is C15H19NO4. The van der Waals surface area contributed by atoms with Crippen LogP contribution >= 0.6 is 0 Å². The third-order valence-corrected chi connectivity index (χ3v) is 3.83. The summed E-state index contributed by atoms with van der Waals surface area (Å²) in [5, 5.41) is 2.68. The maximum Gasteiger partial charge on any atom is 0.408 e. The molecular weight excluding hydrogens is 258 g/mol. The second-order valence-electron chi connectivity index (χ2n) is 5.59. The molecule has 1 unspecified atom stereocenters. The Morgan fingerprint density at radius 1 is 1.40 bits per heavy atom. The Bertz CT molecular complexity index is 527. The van der Waals surface area contributed by atoms with Gasteiger partial charge in [0.25, 0.3) is 0 Å². The average molecular weight is 277 g/mol. The lowest BCUT2D eigenvalue weighted by Crippen LogP contribution is -2.26. The summed E-state index contributed by atoms with van der Waals surface area (Å²) in [7, 11) is 1.62. The molecule has 0 spiro atoms. The smallest absolute Gasteiger partial charge is 0.408 e. The topological polar surface area (TPSA) is 56.8 Å². The molecule has 0 radical (unpaired) electrons. The van der Waals surface area contributed by atoms with Crippen molar-refractivity contribution >= 4 is 6.09 Å². The number of ether oxygens (including phenoxy) is 3. The summed E-state index contributed by atoms with van der Waals surface area (Å²) in [6, 6.07) is 5.67. The molecule has 2 fully saturated rings. The van der Waals surface area contributed by atoms with E-state index in [1.807, 2.05) is 25.1 Å². The summed E-state index contributed by atoms with van der Waals surface area (Å²) in [6.07, 6.45) is 2.09. The van der Waals surface area contributed by atoms with Gasteiger partial charge in [-0.1, -0.05) is 6.07 Å². The quantitative estimate of drug-likeness (QED) is 0.898. The highest BCUT2D eigenvalue weighted by Crippen LogP contribution is 2.37. The van der Waals surface area contributed by atoms with Crippen molar-refractivity contribution in [3.8, 4) is 11.5 Å². The van der Waals surface area contributed by atoms with E-state index < -0.39 is 5.60 Å². The Kier molecular flexibility index (Phi) is 3.20. The van der Waals surface area contributed by atoms with E-state index in [1.165, 1.54) is 12.8 Å². The number of carbonyl (C=O) groups is 1. The molecule has 1 saturated heterocycles. The third kappa shape index (κ3) is 2.53. The summed E-state index contributed by atoms with van der Waals surface area (Å²) < 4.78 is 16.5. The Labute approximate surface area is 118 Å². The fourth-order valence-corrected chi connectivity index (χ4v) is 2.29. The molecule has 0 bridgehead atoms. The molecule has 1 saturated carbocycles. The maximum atomic E-state index is 11.3. The zero-order valence-corrected chi connectivity index (χ0v) is 11.8. The number of amides is 1. The molecule has 1 aliphatic heterocycles. The number of carbonyl (C=O) groups excluding carboxylic acids is 1. The van der Waals surface area contributed by atoms with E-state index in [9.17, 15) is 4.79 Å². The van der Waals surface area contributed by atoms with Crippen LogP contribution < -0.4 is 14.8 Å². The van der Waals surface area contributed by atoms with Crippen molar-refractivity contribution < 1.29 is 19.0 Å². The van der Waals surface area contributed by atoms with Crippen molar-refractivity contribution in [3.63, 3.8) is 0 Å². The van der Waals surface area contributed by atoms with E-state index in [0.29, 0.717) is 30.6 Å². The molecule has 2 aliphatic rings. The second-order valence-corrected chi connectivity index (χ2v) is 5.59. The molecule has 1 aliphatic carbocycles. The van der Waals surface area contributed by atoms with Crippen LogP contribution in [0, 0.1) is 5.92 Å². The first kappa shape index (κ1) is 13.1. The predicted molar refractivity (Wildman–Crippen MR) is 73.0 cm³/mol. The van der Waals surface area contributed by atoms with Crippen LogP contribution in [0.5, 0.6) is 11.5 Å². The number of methoxy groups -OCH3 is 1. The number of benzene rings is 1. The van der Waals surface area contributed by atoms with Gasteiger partial charge in [-0.2, -0.15) is 0 Å². The number of nitrogens with one attached hydrogen (secondary N) is 1. The van der Waals surface area contributed by atoms with Gasteiger partial charge >= 0.3 is 6.09 Å². The van der Waals surface area contributed by atoms with E-state index >= 15 is 0 Å². The van der Waals surface area contributed by atoms with Gasteiger partial charge in [0.1, 0.15) is 0 Å². The highest BCUT2D eigenvalue weighted by atomic mass is 16.6. The van der Waals surface area contributed by atoms with Crippen molar-refractivity contribution in [1.82, 2.24) is 5.32 Å². The molecule has 1 atom stereocenters. The van der Waals surface area contributed by atoms with E-state index in [1.54, 1.807) is 7.11 Å². The van der Waals surface area contributed by atoms with Crippen LogP contribution in [-0.4, -0.2) is 26.4 Å². The fourth-order valence-electron chi connectivity index (χ4n) is 2.29. The number of hydrogen-bond donors (Lipinski definition) is 1. The standard InChI is InChI=1S/C15H19NO4/c1-15(9-16-14(17)20-15)11-5-6-12(18-2)13(7-11)19-8-10-3-4-10/h5-7,10H,3-4,8-9H2,1-2H3,(H,16,17). The summed E-state index contributed by atoms with van der Waals surface area (Å²) >= 11 is 0. The van der Waals surface area contributed by atoms with Gasteiger partial charge in [-0.3, -0.25) is 0 Å². The molecule has 1 amide bonds. The molecule has 108 valence electrons. The van der Waals surface area contributed by atoms with Gasteiger partial charge in [0.2, 0.25) is 0 Å². The SMILES string of the molecule is COc1ccc(C2(C)CNC(=O)O2)cc1OCC1CC1. The Balaban J connectivity index is 1.83. The van der Waals surface area contributed by atoms with Gasteiger partial charge in [0.15, 0.2) is 17.1 Å². The summed E-state index contributed by atoms with van der Waals surface area (Å²) in [6.45, 7) is 3.06. The highest BCUT2D eigenvalue weighted by Gasteiger charge is 2.38. The number of hydrogen-bond acceptors (Lipinski definition) is 4. The van der Waals surface area contributed by atoms with Gasteiger partial charge in [0.05, 0.1) is 20.3 Å². The van der Waals surface area contributed by atoms with Gasteiger partial charge in [-0.25, -0.2) is 4.79 Å². The van der Waals surface area contributed by atoms with Crippen LogP contribution in [-0.2, 0) is 10.3 Å². The van der Waals surface area contributed by atoms with Crippen molar-refractivity contribution in [2.75, 3.05) is 20.3 Å². The van der Waals surface area contributed by atoms with E-state index in [0.717, 1.165) is 5.56 Å². The number of rotatable bonds is 5. The van der Waals surface area contributed by atoms with Crippen LogP contribution in [0.3, 0.4) is 0 Å². The molecule has 1 N–H and O–H groups in total. The lowest BCUT2D eigenvalue weighted by atomic mass is 9.96. The first-order valence-electron chi connectivity index (χ1n) is 6.89. The lowest BCUT2D eigenvalue weighted by Gasteiger charge is -2.23. The molecule has 1 heterocycles. The van der Waals surface area contributed by atoms with Crippen molar-refractivity contribution in [2.45, 2.75) is 25.4 Å². The zero-order valence-electron chi connectivity index (χ0n) is 11.8. The lowest BCUT2D eigenvalue weighted by molar-refractivity contribution is 0.0701. The second kappa shape index (κ2) is 4.89. The molecule has 20 heavy (non-hydrogen) atoms. The third-order valence-electron chi connectivity index (χ3n) is 3.83. The van der Waals surface area contributed by atoms with Gasteiger partial charge in [-0.15, -0.1) is 0 Å². The monoisotopic (exact) mass is 277 g/mol. The number of cyclic esters (lactones) is 1. The van der Waals surface area contributed by atoms with Crippen molar-refractivity contribution in [1.29, 1.82) is 0 Å². The largest absolute Gasteiger partial charge is 0.493 e. The Morgan fingerprint density at radius 3 is 2.80 bits per heavy atom.